The van der Waals surface area contributed by atoms with Crippen LogP contribution >= 0.6 is 0 Å². The Morgan fingerprint density at radius 2 is 1.43 bits per heavy atom. The zero-order valence-electron chi connectivity index (χ0n) is 5.44. The van der Waals surface area contributed by atoms with Crippen molar-refractivity contribution in [1.29, 1.82) is 0 Å². The summed E-state index contributed by atoms with van der Waals surface area (Å²) in [6.07, 6.45) is 0. The summed E-state index contributed by atoms with van der Waals surface area (Å²) in [6, 6.07) is 0. The molecule has 0 aromatic carbocycles. The van der Waals surface area contributed by atoms with E-state index in [4.69, 9.17) is 14.1 Å². The van der Waals surface area contributed by atoms with Crippen molar-refractivity contribution in [2.24, 2.45) is 0 Å². The Hall–Kier alpha value is 1.41. The minimum absolute atomic E-state index is 0. The molecule has 0 saturated heterocycles. The van der Waals surface area contributed by atoms with Gasteiger partial charge in [0.25, 0.3) is 0 Å². The van der Waals surface area contributed by atoms with Crippen molar-refractivity contribution < 1.29 is 66.7 Å². The van der Waals surface area contributed by atoms with Crippen molar-refractivity contribution in [2.45, 2.75) is 0 Å². The largest absolute Gasteiger partial charge is 2.00 e. The molecule has 3 nitrogen and oxygen atoms in total. The van der Waals surface area contributed by atoms with E-state index >= 15 is 0 Å². The van der Waals surface area contributed by atoms with Gasteiger partial charge >= 0.3 is 19.3 Å². The van der Waals surface area contributed by atoms with Crippen LogP contribution in [0.25, 0.3) is 0 Å². The maximum absolute atomic E-state index is 8.74. The fraction of sp³-hybridized carbons (Fsp3) is 0. The standard InChI is InChI=1S/Be.Fe.H2O3Si.Y.2H/c;;1-4(2)3;;;/h;;1-2H;;;/q+2;;;;2*-1. The van der Waals surface area contributed by atoms with Gasteiger partial charge in [0.2, 0.25) is 0 Å². The van der Waals surface area contributed by atoms with Gasteiger partial charge in [0.1, 0.15) is 0 Å². The smallest absolute Gasteiger partial charge is 1.00 e. The molecule has 1 radical (unpaired) electrons. The zero-order valence-corrected chi connectivity index (χ0v) is 8.38. The van der Waals surface area contributed by atoms with E-state index in [2.05, 4.69) is 0 Å². The van der Waals surface area contributed by atoms with Gasteiger partial charge in [-0.15, -0.1) is 0 Å². The van der Waals surface area contributed by atoms with Crippen LogP contribution in [-0.2, 0) is 54.2 Å². The molecule has 7 heavy (non-hydrogen) atoms. The topological polar surface area (TPSA) is 57.5 Å². The molecule has 0 heterocycles. The van der Waals surface area contributed by atoms with E-state index in [9.17, 15) is 0 Å². The third kappa shape index (κ3) is 109. The van der Waals surface area contributed by atoms with Crippen molar-refractivity contribution in [1.82, 2.24) is 0 Å². The van der Waals surface area contributed by atoms with Gasteiger partial charge in [-0.1, -0.05) is 0 Å². The molecule has 0 aromatic heterocycles. The quantitative estimate of drug-likeness (QED) is 0.487. The third-order valence-electron chi connectivity index (χ3n) is 0. The molecule has 0 aliphatic carbocycles. The first-order valence-electron chi connectivity index (χ1n) is 0.651. The van der Waals surface area contributed by atoms with Crippen molar-refractivity contribution >= 4 is 19.3 Å². The van der Waals surface area contributed by atoms with E-state index in [1.165, 1.54) is 0 Å². The molecule has 0 saturated carbocycles. The van der Waals surface area contributed by atoms with E-state index in [1.54, 1.807) is 0 Å². The monoisotopic (exact) mass is 234 g/mol. The van der Waals surface area contributed by atoms with Crippen molar-refractivity contribution in [2.75, 3.05) is 0 Å². The average molecular weight is 234 g/mol. The van der Waals surface area contributed by atoms with Crippen LogP contribution in [0.5, 0.6) is 0 Å². The van der Waals surface area contributed by atoms with Crippen LogP contribution in [0.1, 0.15) is 2.85 Å². The molecular weight excluding hydrogens is 230 g/mol. The summed E-state index contributed by atoms with van der Waals surface area (Å²) in [5.41, 5.74) is 0. The molecule has 0 spiro atoms. The summed E-state index contributed by atoms with van der Waals surface area (Å²) in [7, 11) is -3.13. The summed E-state index contributed by atoms with van der Waals surface area (Å²) in [4.78, 5) is 14.3. The minimum Gasteiger partial charge on any atom is -1.00 e. The van der Waals surface area contributed by atoms with Crippen LogP contribution in [0.4, 0.5) is 0 Å². The Balaban J connectivity index is -0.00000000450. The van der Waals surface area contributed by atoms with Crippen molar-refractivity contribution in [3.8, 4) is 0 Å². The summed E-state index contributed by atoms with van der Waals surface area (Å²) >= 11 is 0. The maximum Gasteiger partial charge on any atom is 2.00 e. The van der Waals surface area contributed by atoms with Crippen LogP contribution in [0.15, 0.2) is 0 Å². The molecular formula is H4BeFeO3SiY. The Kier molecular flexibility index (Phi) is 53.1. The van der Waals surface area contributed by atoms with Gasteiger partial charge in [-0.05, 0) is 0 Å². The molecule has 2 N–H and O–H groups in total. The van der Waals surface area contributed by atoms with Gasteiger partial charge in [0.15, 0.2) is 0 Å². The molecule has 0 bridgehead atoms. The summed E-state index contributed by atoms with van der Waals surface area (Å²) in [6.45, 7) is 0. The minimum atomic E-state index is -3.13. The van der Waals surface area contributed by atoms with Crippen molar-refractivity contribution in [3.63, 3.8) is 0 Å². The van der Waals surface area contributed by atoms with Crippen LogP contribution in [-0.4, -0.2) is 28.9 Å². The second kappa shape index (κ2) is 15.7. The fourth-order valence-corrected chi connectivity index (χ4v) is 0. The van der Waals surface area contributed by atoms with E-state index < -0.39 is 9.17 Å². The summed E-state index contributed by atoms with van der Waals surface area (Å²) in [5, 5.41) is 0. The SMILES string of the molecule is O=[Si](O)O.[Be+2].[Fe].[H-].[H-].[Y]. The Morgan fingerprint density at radius 3 is 1.43 bits per heavy atom. The summed E-state index contributed by atoms with van der Waals surface area (Å²) in [5.74, 6) is 0. The molecule has 0 rings (SSSR count). The molecule has 0 fully saturated rings. The van der Waals surface area contributed by atoms with Gasteiger partial charge < -0.3 is 12.4 Å². The average Bonchev–Trinajstić information content (AvgIpc) is 0.811. The first kappa shape index (κ1) is 23.7. The second-order valence-electron chi connectivity index (χ2n) is 0.283. The molecule has 39 valence electrons. The molecule has 7 heteroatoms. The first-order chi connectivity index (χ1) is 1.73. The van der Waals surface area contributed by atoms with E-state index in [0.717, 1.165) is 0 Å². The molecule has 0 aliphatic heterocycles. The van der Waals surface area contributed by atoms with Crippen molar-refractivity contribution in [3.05, 3.63) is 0 Å². The Labute approximate surface area is 85.3 Å². The third-order valence-corrected chi connectivity index (χ3v) is 0. The van der Waals surface area contributed by atoms with Gasteiger partial charge in [-0.3, -0.25) is 4.46 Å². The molecule has 0 atom stereocenters. The molecule has 0 aromatic rings. The molecule has 0 amide bonds. The van der Waals surface area contributed by atoms with Crippen LogP contribution in [0.3, 0.4) is 0 Å². The number of hydrogen-bond donors (Lipinski definition) is 2. The van der Waals surface area contributed by atoms with Gasteiger partial charge in [0.05, 0.1) is 0 Å². The number of hydrogen-bond acceptors (Lipinski definition) is 1. The maximum atomic E-state index is 8.74. The summed E-state index contributed by atoms with van der Waals surface area (Å²) < 4.78 is 8.74. The Bertz CT molecular complexity index is 44.8. The fourth-order valence-electron chi connectivity index (χ4n) is 0. The van der Waals surface area contributed by atoms with E-state index in [-0.39, 0.29) is 62.8 Å². The molecule has 0 aliphatic rings. The van der Waals surface area contributed by atoms with Gasteiger partial charge in [0, 0.05) is 49.8 Å². The molecule has 0 unspecified atom stereocenters. The Morgan fingerprint density at radius 1 is 1.43 bits per heavy atom. The van der Waals surface area contributed by atoms with Crippen LogP contribution in [0, 0.1) is 0 Å². The van der Waals surface area contributed by atoms with Gasteiger partial charge in [-0.2, -0.15) is 0 Å². The van der Waals surface area contributed by atoms with E-state index in [1.807, 2.05) is 0 Å². The van der Waals surface area contributed by atoms with Gasteiger partial charge in [-0.25, -0.2) is 0 Å². The predicted octanol–water partition coefficient (Wildman–Crippen LogP) is -1.77. The second-order valence-corrected chi connectivity index (χ2v) is 0.848. The number of rotatable bonds is 0. The van der Waals surface area contributed by atoms with Crippen LogP contribution in [0.2, 0.25) is 0 Å². The van der Waals surface area contributed by atoms with Crippen LogP contribution < -0.4 is 0 Å². The zero-order chi connectivity index (χ0) is 3.58. The first-order valence-corrected chi connectivity index (χ1v) is 1.95. The normalized spacial score (nSPS) is 3.43. The van der Waals surface area contributed by atoms with E-state index in [0.29, 0.717) is 0 Å². The predicted molar refractivity (Wildman–Crippen MR) is 18.9 cm³/mol.